The highest BCUT2D eigenvalue weighted by Crippen LogP contribution is 2.47. The van der Waals surface area contributed by atoms with E-state index in [1.807, 2.05) is 0 Å². The summed E-state index contributed by atoms with van der Waals surface area (Å²) < 4.78 is 0. The molecule has 2 unspecified atom stereocenters. The largest absolute Gasteiger partial charge is 0.336 e. The fourth-order valence-electron chi connectivity index (χ4n) is 4.49. The van der Waals surface area contributed by atoms with Gasteiger partial charge in [-0.2, -0.15) is 0 Å². The molecule has 3 fully saturated rings. The first kappa shape index (κ1) is 12.8. The zero-order chi connectivity index (χ0) is 12.8. The molecule has 1 aliphatic carbocycles. The number of carbonyl (C=O) groups is 1. The van der Waals surface area contributed by atoms with Crippen LogP contribution in [0.2, 0.25) is 0 Å². The van der Waals surface area contributed by atoms with E-state index >= 15 is 0 Å². The minimum absolute atomic E-state index is 0.0139. The van der Waals surface area contributed by atoms with Gasteiger partial charge < -0.3 is 4.90 Å². The smallest absolute Gasteiger partial charge is 0.229 e. The van der Waals surface area contributed by atoms with Crippen molar-refractivity contribution in [2.45, 2.75) is 82.2 Å². The van der Waals surface area contributed by atoms with E-state index in [2.05, 4.69) is 11.8 Å². The number of hydrogen-bond donors (Lipinski definition) is 0. The van der Waals surface area contributed by atoms with Crippen LogP contribution in [0, 0.1) is 5.41 Å². The first-order chi connectivity index (χ1) is 8.66. The van der Waals surface area contributed by atoms with Gasteiger partial charge in [-0.15, -0.1) is 11.6 Å². The van der Waals surface area contributed by atoms with E-state index in [1.54, 1.807) is 0 Å². The van der Waals surface area contributed by atoms with Crippen molar-refractivity contribution in [3.8, 4) is 0 Å². The van der Waals surface area contributed by atoms with Crippen molar-refractivity contribution < 1.29 is 4.79 Å². The number of halogens is 1. The quantitative estimate of drug-likeness (QED) is 0.700. The third kappa shape index (κ3) is 1.88. The molecule has 0 aromatic carbocycles. The van der Waals surface area contributed by atoms with E-state index in [0.717, 1.165) is 32.1 Å². The molecule has 2 atom stereocenters. The molecule has 1 saturated carbocycles. The summed E-state index contributed by atoms with van der Waals surface area (Å²) >= 11 is 6.31. The Bertz CT molecular complexity index is 323. The molecule has 2 nitrogen and oxygen atoms in total. The number of rotatable bonds is 2. The van der Waals surface area contributed by atoms with Crippen molar-refractivity contribution >= 4 is 17.5 Å². The molecule has 3 rings (SSSR count). The molecule has 3 heteroatoms. The van der Waals surface area contributed by atoms with Gasteiger partial charge in [0.2, 0.25) is 5.91 Å². The van der Waals surface area contributed by atoms with Crippen LogP contribution in [0.15, 0.2) is 0 Å². The Morgan fingerprint density at radius 2 is 1.78 bits per heavy atom. The average molecular weight is 270 g/mol. The van der Waals surface area contributed by atoms with Crippen LogP contribution in [-0.2, 0) is 4.79 Å². The molecule has 0 radical (unpaired) electrons. The standard InChI is InChI=1S/C15H24ClNO/c1-2-15(7-3-4-8-15)14(18)17-12-5-6-13(17)10-11(16)9-12/h11-13H,2-10H2,1H3. The van der Waals surface area contributed by atoms with E-state index in [4.69, 9.17) is 11.6 Å². The number of nitrogens with zero attached hydrogens (tertiary/aromatic N) is 1. The molecule has 18 heavy (non-hydrogen) atoms. The van der Waals surface area contributed by atoms with Crippen LogP contribution in [0.3, 0.4) is 0 Å². The summed E-state index contributed by atoms with van der Waals surface area (Å²) in [6.45, 7) is 2.19. The Morgan fingerprint density at radius 1 is 1.22 bits per heavy atom. The highest BCUT2D eigenvalue weighted by molar-refractivity contribution is 6.20. The van der Waals surface area contributed by atoms with Crippen LogP contribution in [0.4, 0.5) is 0 Å². The van der Waals surface area contributed by atoms with Gasteiger partial charge in [0, 0.05) is 22.9 Å². The maximum atomic E-state index is 13.0. The zero-order valence-electron chi connectivity index (χ0n) is 11.3. The summed E-state index contributed by atoms with van der Waals surface area (Å²) in [5, 5.41) is 0.299. The monoisotopic (exact) mass is 269 g/mol. The number of alkyl halides is 1. The lowest BCUT2D eigenvalue weighted by Gasteiger charge is -2.42. The van der Waals surface area contributed by atoms with Crippen molar-refractivity contribution in [1.82, 2.24) is 4.90 Å². The normalized spacial score (nSPS) is 38.1. The summed E-state index contributed by atoms with van der Waals surface area (Å²) in [5.41, 5.74) is -0.0139. The van der Waals surface area contributed by atoms with Crippen molar-refractivity contribution in [2.24, 2.45) is 5.41 Å². The lowest BCUT2D eigenvalue weighted by atomic mass is 9.80. The van der Waals surface area contributed by atoms with Gasteiger partial charge >= 0.3 is 0 Å². The van der Waals surface area contributed by atoms with Crippen LogP contribution in [-0.4, -0.2) is 28.3 Å². The fraction of sp³-hybridized carbons (Fsp3) is 0.933. The topological polar surface area (TPSA) is 20.3 Å². The number of fused-ring (bicyclic) bond motifs is 2. The molecule has 0 spiro atoms. The van der Waals surface area contributed by atoms with E-state index in [9.17, 15) is 4.79 Å². The van der Waals surface area contributed by atoms with Crippen molar-refractivity contribution in [3.05, 3.63) is 0 Å². The van der Waals surface area contributed by atoms with Crippen molar-refractivity contribution in [3.63, 3.8) is 0 Å². The molecule has 0 N–H and O–H groups in total. The minimum atomic E-state index is -0.0139. The minimum Gasteiger partial charge on any atom is -0.336 e. The van der Waals surface area contributed by atoms with Gasteiger partial charge in [-0.05, 0) is 44.9 Å². The Morgan fingerprint density at radius 3 is 2.28 bits per heavy atom. The molecule has 1 amide bonds. The van der Waals surface area contributed by atoms with E-state index in [0.29, 0.717) is 23.4 Å². The van der Waals surface area contributed by atoms with E-state index in [-0.39, 0.29) is 5.41 Å². The molecular formula is C15H24ClNO. The van der Waals surface area contributed by atoms with Crippen LogP contribution in [0.1, 0.15) is 64.7 Å². The van der Waals surface area contributed by atoms with Crippen molar-refractivity contribution in [1.29, 1.82) is 0 Å². The molecule has 2 aliphatic heterocycles. The van der Waals surface area contributed by atoms with Crippen LogP contribution < -0.4 is 0 Å². The molecule has 2 bridgehead atoms. The van der Waals surface area contributed by atoms with Gasteiger partial charge in [0.25, 0.3) is 0 Å². The predicted molar refractivity (Wildman–Crippen MR) is 73.7 cm³/mol. The number of piperidine rings is 1. The number of amides is 1. The molecule has 0 aromatic rings. The Labute approximate surface area is 115 Å². The maximum Gasteiger partial charge on any atom is 0.229 e. The third-order valence-corrected chi connectivity index (χ3v) is 5.96. The molecule has 3 aliphatic rings. The summed E-state index contributed by atoms with van der Waals surface area (Å²) in [7, 11) is 0. The number of hydrogen-bond acceptors (Lipinski definition) is 1. The molecule has 0 aromatic heterocycles. The van der Waals surface area contributed by atoms with Gasteiger partial charge in [-0.25, -0.2) is 0 Å². The first-order valence-electron chi connectivity index (χ1n) is 7.63. The Kier molecular flexibility index (Phi) is 3.34. The highest BCUT2D eigenvalue weighted by Gasteiger charge is 2.49. The highest BCUT2D eigenvalue weighted by atomic mass is 35.5. The lowest BCUT2D eigenvalue weighted by Crippen LogP contribution is -2.52. The van der Waals surface area contributed by atoms with Gasteiger partial charge in [-0.1, -0.05) is 19.8 Å². The Balaban J connectivity index is 1.80. The molecule has 102 valence electrons. The SMILES string of the molecule is CCC1(C(=O)N2C3CCC2CC(Cl)C3)CCCC1. The maximum absolute atomic E-state index is 13.0. The molecule has 2 heterocycles. The summed E-state index contributed by atoms with van der Waals surface area (Å²) in [6, 6.07) is 0.894. The molecule has 2 saturated heterocycles. The summed E-state index contributed by atoms with van der Waals surface area (Å²) in [5.74, 6) is 0.471. The predicted octanol–water partition coefficient (Wildman–Crippen LogP) is 3.72. The van der Waals surface area contributed by atoms with Gasteiger partial charge in [0.1, 0.15) is 0 Å². The van der Waals surface area contributed by atoms with Gasteiger partial charge in [0.05, 0.1) is 0 Å². The van der Waals surface area contributed by atoms with Crippen LogP contribution in [0.25, 0.3) is 0 Å². The molecular weight excluding hydrogens is 246 g/mol. The average Bonchev–Trinajstić information content (AvgIpc) is 2.93. The van der Waals surface area contributed by atoms with Gasteiger partial charge in [-0.3, -0.25) is 4.79 Å². The first-order valence-corrected chi connectivity index (χ1v) is 8.07. The summed E-state index contributed by atoms with van der Waals surface area (Å²) in [4.78, 5) is 15.3. The third-order valence-electron chi connectivity index (χ3n) is 5.60. The van der Waals surface area contributed by atoms with Crippen LogP contribution >= 0.6 is 11.6 Å². The van der Waals surface area contributed by atoms with Crippen molar-refractivity contribution in [2.75, 3.05) is 0 Å². The zero-order valence-corrected chi connectivity index (χ0v) is 12.1. The number of carbonyl (C=O) groups excluding carboxylic acids is 1. The second-order valence-electron chi connectivity index (χ2n) is 6.51. The fourth-order valence-corrected chi connectivity index (χ4v) is 4.90. The summed E-state index contributed by atoms with van der Waals surface area (Å²) in [6.07, 6.45) is 10.1. The second-order valence-corrected chi connectivity index (χ2v) is 7.12. The van der Waals surface area contributed by atoms with E-state index in [1.165, 1.54) is 25.7 Å². The van der Waals surface area contributed by atoms with Gasteiger partial charge in [0.15, 0.2) is 0 Å². The second kappa shape index (κ2) is 4.70. The lowest BCUT2D eigenvalue weighted by molar-refractivity contribution is -0.146. The Hall–Kier alpha value is -0.240. The van der Waals surface area contributed by atoms with E-state index < -0.39 is 0 Å². The van der Waals surface area contributed by atoms with Crippen LogP contribution in [0.5, 0.6) is 0 Å².